The molecule has 1 saturated heterocycles. The van der Waals surface area contributed by atoms with E-state index in [1.54, 1.807) is 0 Å². The molecule has 2 heteroatoms. The first kappa shape index (κ1) is 6.05. The summed E-state index contributed by atoms with van der Waals surface area (Å²) >= 11 is 0. The molecule has 0 aromatic heterocycles. The van der Waals surface area contributed by atoms with Crippen LogP contribution < -0.4 is 5.32 Å². The van der Waals surface area contributed by atoms with Crippen molar-refractivity contribution < 1.29 is 0 Å². The zero-order valence-corrected chi connectivity index (χ0v) is 5.35. The van der Waals surface area contributed by atoms with Crippen molar-refractivity contribution in [2.45, 2.75) is 6.42 Å². The highest BCUT2D eigenvalue weighted by molar-refractivity contribution is 4.82. The number of hydrogen-bond donors (Lipinski definition) is 1. The Morgan fingerprint density at radius 2 is 2.62 bits per heavy atom. The van der Waals surface area contributed by atoms with Crippen LogP contribution >= 0.6 is 0 Å². The maximum absolute atomic E-state index is 4.08. The fraction of sp³-hybridized carbons (Fsp3) is 1.00. The Morgan fingerprint density at radius 1 is 1.75 bits per heavy atom. The van der Waals surface area contributed by atoms with Gasteiger partial charge in [-0.2, -0.15) is 7.05 Å². The van der Waals surface area contributed by atoms with Gasteiger partial charge in [-0.1, -0.05) is 0 Å². The lowest BCUT2D eigenvalue weighted by molar-refractivity contribution is 0.623. The molecule has 1 N–H and O–H groups in total. The van der Waals surface area contributed by atoms with E-state index < -0.39 is 0 Å². The van der Waals surface area contributed by atoms with Crippen molar-refractivity contribution in [1.82, 2.24) is 5.32 Å². The zero-order chi connectivity index (χ0) is 5.82. The molecule has 1 aliphatic heterocycles. The van der Waals surface area contributed by atoms with Gasteiger partial charge in [-0.05, 0) is 25.4 Å². The van der Waals surface area contributed by atoms with Gasteiger partial charge in [-0.3, -0.25) is 0 Å². The third-order valence-corrected chi connectivity index (χ3v) is 1.60. The Morgan fingerprint density at radius 3 is 3.12 bits per heavy atom. The van der Waals surface area contributed by atoms with Crippen LogP contribution in [0.4, 0.5) is 0 Å². The fourth-order valence-corrected chi connectivity index (χ4v) is 1.13. The Hall–Kier alpha value is -0.0800. The summed E-state index contributed by atoms with van der Waals surface area (Å²) in [5.74, 6) is 0.833. The Balaban J connectivity index is 2.06. The molecule has 2 nitrogen and oxygen atoms in total. The number of nitrogens with one attached hydrogen (secondary N) is 1. The minimum atomic E-state index is 0.833. The second kappa shape index (κ2) is 3.05. The third kappa shape index (κ3) is 1.46. The molecule has 8 heavy (non-hydrogen) atoms. The zero-order valence-electron chi connectivity index (χ0n) is 5.35. The van der Waals surface area contributed by atoms with Gasteiger partial charge < -0.3 is 10.6 Å². The largest absolute Gasteiger partial charge is 0.665 e. The average molecular weight is 113 g/mol. The highest BCUT2D eigenvalue weighted by atomic mass is 14.9. The summed E-state index contributed by atoms with van der Waals surface area (Å²) < 4.78 is 0. The SMILES string of the molecule is C[N-]C[C@H]1CCNC1. The fourth-order valence-electron chi connectivity index (χ4n) is 1.13. The molecule has 0 aromatic carbocycles. The van der Waals surface area contributed by atoms with E-state index in [0.717, 1.165) is 12.5 Å². The maximum Gasteiger partial charge on any atom is -0.00365 e. The molecule has 0 unspecified atom stereocenters. The lowest BCUT2D eigenvalue weighted by Gasteiger charge is -2.16. The van der Waals surface area contributed by atoms with Gasteiger partial charge in [0.25, 0.3) is 0 Å². The lowest BCUT2D eigenvalue weighted by Crippen LogP contribution is -2.10. The third-order valence-electron chi connectivity index (χ3n) is 1.60. The van der Waals surface area contributed by atoms with Gasteiger partial charge in [0.1, 0.15) is 0 Å². The standard InChI is InChI=1S/C6H13N2/c1-7-4-6-2-3-8-5-6/h6,8H,2-5H2,1H3/q-1/t6-/m1/s1. The minimum absolute atomic E-state index is 0.833. The summed E-state index contributed by atoms with van der Waals surface area (Å²) in [5.41, 5.74) is 0. The first-order chi connectivity index (χ1) is 3.93. The van der Waals surface area contributed by atoms with E-state index in [1.807, 2.05) is 7.05 Å². The minimum Gasteiger partial charge on any atom is -0.665 e. The van der Waals surface area contributed by atoms with E-state index in [4.69, 9.17) is 0 Å². The summed E-state index contributed by atoms with van der Waals surface area (Å²) in [6.45, 7) is 3.42. The van der Waals surface area contributed by atoms with Crippen molar-refractivity contribution in [2.75, 3.05) is 26.7 Å². The van der Waals surface area contributed by atoms with Gasteiger partial charge in [-0.15, -0.1) is 6.54 Å². The molecule has 1 aliphatic rings. The van der Waals surface area contributed by atoms with Gasteiger partial charge in [0, 0.05) is 0 Å². The van der Waals surface area contributed by atoms with Crippen LogP contribution in [0.2, 0.25) is 0 Å². The van der Waals surface area contributed by atoms with Crippen molar-refractivity contribution in [3.8, 4) is 0 Å². The summed E-state index contributed by atoms with van der Waals surface area (Å²) in [5, 5.41) is 7.37. The summed E-state index contributed by atoms with van der Waals surface area (Å²) in [7, 11) is 1.89. The van der Waals surface area contributed by atoms with Crippen LogP contribution in [-0.4, -0.2) is 26.7 Å². The van der Waals surface area contributed by atoms with Gasteiger partial charge >= 0.3 is 0 Å². The van der Waals surface area contributed by atoms with E-state index in [-0.39, 0.29) is 0 Å². The smallest absolute Gasteiger partial charge is 0.00365 e. The van der Waals surface area contributed by atoms with Crippen LogP contribution in [0.25, 0.3) is 5.32 Å². The highest BCUT2D eigenvalue weighted by Gasteiger charge is 2.08. The predicted octanol–water partition coefficient (Wildman–Crippen LogP) is 0.599. The van der Waals surface area contributed by atoms with Crippen LogP contribution in [0.1, 0.15) is 6.42 Å². The molecular formula is C6H13N2-. The first-order valence-corrected chi connectivity index (χ1v) is 3.20. The van der Waals surface area contributed by atoms with Crippen LogP contribution in [0.15, 0.2) is 0 Å². The molecule has 0 radical (unpaired) electrons. The molecule has 0 saturated carbocycles. The normalized spacial score (nSPS) is 28.9. The second-order valence-corrected chi connectivity index (χ2v) is 2.36. The first-order valence-electron chi connectivity index (χ1n) is 3.20. The molecular weight excluding hydrogens is 100 g/mol. The molecule has 1 heterocycles. The number of nitrogens with zero attached hydrogens (tertiary/aromatic N) is 1. The Labute approximate surface area is 50.7 Å². The summed E-state index contributed by atoms with van der Waals surface area (Å²) in [6.07, 6.45) is 1.32. The maximum atomic E-state index is 4.08. The van der Waals surface area contributed by atoms with Crippen LogP contribution in [0.5, 0.6) is 0 Å². The van der Waals surface area contributed by atoms with Crippen LogP contribution in [0.3, 0.4) is 0 Å². The summed E-state index contributed by atoms with van der Waals surface area (Å²) in [4.78, 5) is 0. The predicted molar refractivity (Wildman–Crippen MR) is 35.1 cm³/mol. The van der Waals surface area contributed by atoms with Gasteiger partial charge in [0.05, 0.1) is 0 Å². The van der Waals surface area contributed by atoms with E-state index in [2.05, 4.69) is 10.6 Å². The van der Waals surface area contributed by atoms with Crippen molar-refractivity contribution in [1.29, 1.82) is 0 Å². The monoisotopic (exact) mass is 113 g/mol. The highest BCUT2D eigenvalue weighted by Crippen LogP contribution is 2.07. The number of hydrogen-bond acceptors (Lipinski definition) is 1. The van der Waals surface area contributed by atoms with Crippen molar-refractivity contribution in [3.05, 3.63) is 5.32 Å². The van der Waals surface area contributed by atoms with E-state index >= 15 is 0 Å². The van der Waals surface area contributed by atoms with Crippen LogP contribution in [-0.2, 0) is 0 Å². The lowest BCUT2D eigenvalue weighted by atomic mass is 10.1. The van der Waals surface area contributed by atoms with Gasteiger partial charge in [-0.25, -0.2) is 0 Å². The van der Waals surface area contributed by atoms with Crippen LogP contribution in [0, 0.1) is 5.92 Å². The van der Waals surface area contributed by atoms with Crippen molar-refractivity contribution >= 4 is 0 Å². The number of rotatable bonds is 2. The van der Waals surface area contributed by atoms with Crippen molar-refractivity contribution in [2.24, 2.45) is 5.92 Å². The molecule has 0 bridgehead atoms. The molecule has 1 rings (SSSR count). The second-order valence-electron chi connectivity index (χ2n) is 2.36. The summed E-state index contributed by atoms with van der Waals surface area (Å²) in [6, 6.07) is 0. The van der Waals surface area contributed by atoms with Gasteiger partial charge in [0.2, 0.25) is 0 Å². The molecule has 0 aromatic rings. The molecule has 0 amide bonds. The Bertz CT molecular complexity index is 57.5. The quantitative estimate of drug-likeness (QED) is 0.557. The molecule has 0 spiro atoms. The molecule has 1 atom stereocenters. The average Bonchev–Trinajstić information content (AvgIpc) is 2.19. The molecule has 1 fully saturated rings. The molecule has 48 valence electrons. The Kier molecular flexibility index (Phi) is 2.30. The van der Waals surface area contributed by atoms with E-state index in [9.17, 15) is 0 Å². The van der Waals surface area contributed by atoms with Crippen molar-refractivity contribution in [3.63, 3.8) is 0 Å². The van der Waals surface area contributed by atoms with E-state index in [1.165, 1.54) is 19.5 Å². The topological polar surface area (TPSA) is 26.1 Å². The van der Waals surface area contributed by atoms with E-state index in [0.29, 0.717) is 0 Å². The van der Waals surface area contributed by atoms with Gasteiger partial charge in [0.15, 0.2) is 0 Å². The molecule has 0 aliphatic carbocycles.